The Morgan fingerprint density at radius 3 is 2.81 bits per heavy atom. The highest BCUT2D eigenvalue weighted by atomic mass is 32.1. The number of thiazole rings is 1. The number of nitrogens with one attached hydrogen (secondary N) is 2. The van der Waals surface area contributed by atoms with Gasteiger partial charge in [-0.05, 0) is 36.6 Å². The van der Waals surface area contributed by atoms with Crippen molar-refractivity contribution in [2.45, 2.75) is 24.8 Å². The molecule has 4 aromatic rings. The minimum atomic E-state index is 0.0527. The Morgan fingerprint density at radius 1 is 1.19 bits per heavy atom. The van der Waals surface area contributed by atoms with Gasteiger partial charge in [0, 0.05) is 29.1 Å². The Kier molecular flexibility index (Phi) is 4.14. The summed E-state index contributed by atoms with van der Waals surface area (Å²) in [5.74, 6) is 0.709. The lowest BCUT2D eigenvalue weighted by Gasteiger charge is -2.19. The summed E-state index contributed by atoms with van der Waals surface area (Å²) in [6.07, 6.45) is 4.29. The highest BCUT2D eigenvalue weighted by Crippen LogP contribution is 2.42. The standard InChI is InChI=1S/C21H21N5S/c22-10-19(25-16-7-8-17-18(9-16)24-12-23-17)13-1-3-14(4-2-13)20-11-27-21(26-20)15-5-6-15/h1-4,7-9,11-12,15,19,25H,5-6,10,22H2,(H,23,24). The number of imidazole rings is 1. The third-order valence-corrected chi connectivity index (χ3v) is 6.06. The van der Waals surface area contributed by atoms with Crippen molar-refractivity contribution in [3.63, 3.8) is 0 Å². The van der Waals surface area contributed by atoms with Crippen LogP contribution in [0.1, 0.15) is 35.4 Å². The maximum absolute atomic E-state index is 6.04. The van der Waals surface area contributed by atoms with Crippen molar-refractivity contribution in [2.24, 2.45) is 5.73 Å². The summed E-state index contributed by atoms with van der Waals surface area (Å²) in [6, 6.07) is 14.7. The Morgan fingerprint density at radius 2 is 2.04 bits per heavy atom. The molecule has 2 aromatic heterocycles. The van der Waals surface area contributed by atoms with Gasteiger partial charge >= 0.3 is 0 Å². The quantitative estimate of drug-likeness (QED) is 0.457. The Balaban J connectivity index is 1.35. The van der Waals surface area contributed by atoms with E-state index in [1.807, 2.05) is 12.1 Å². The van der Waals surface area contributed by atoms with Gasteiger partial charge in [-0.15, -0.1) is 11.3 Å². The maximum atomic E-state index is 6.04. The number of aromatic nitrogens is 3. The van der Waals surface area contributed by atoms with Crippen molar-refractivity contribution in [2.75, 3.05) is 11.9 Å². The molecule has 6 heteroatoms. The van der Waals surface area contributed by atoms with Crippen LogP contribution in [0, 0.1) is 0 Å². The van der Waals surface area contributed by atoms with Gasteiger partial charge in [-0.1, -0.05) is 24.3 Å². The maximum Gasteiger partial charge on any atom is 0.0963 e. The molecule has 0 spiro atoms. The third kappa shape index (κ3) is 3.34. The first-order valence-electron chi connectivity index (χ1n) is 9.25. The zero-order valence-corrected chi connectivity index (χ0v) is 15.7. The minimum absolute atomic E-state index is 0.0527. The molecule has 1 atom stereocenters. The predicted molar refractivity (Wildman–Crippen MR) is 111 cm³/mol. The lowest BCUT2D eigenvalue weighted by atomic mass is 10.0. The number of nitrogens with zero attached hydrogens (tertiary/aromatic N) is 2. The molecule has 1 aliphatic rings. The molecule has 0 aliphatic heterocycles. The van der Waals surface area contributed by atoms with Crippen molar-refractivity contribution in [3.05, 3.63) is 64.7 Å². The first-order chi connectivity index (χ1) is 13.3. The molecule has 1 saturated carbocycles. The van der Waals surface area contributed by atoms with Crippen molar-refractivity contribution in [1.82, 2.24) is 15.0 Å². The molecule has 5 nitrogen and oxygen atoms in total. The van der Waals surface area contributed by atoms with E-state index in [1.165, 1.54) is 23.4 Å². The van der Waals surface area contributed by atoms with Gasteiger partial charge in [-0.3, -0.25) is 0 Å². The normalized spacial score (nSPS) is 15.1. The van der Waals surface area contributed by atoms with Crippen molar-refractivity contribution >= 4 is 28.1 Å². The lowest BCUT2D eigenvalue weighted by Crippen LogP contribution is -2.20. The van der Waals surface area contributed by atoms with E-state index in [2.05, 4.69) is 51.0 Å². The number of hydrogen-bond donors (Lipinski definition) is 3. The van der Waals surface area contributed by atoms with Crippen LogP contribution in [0.2, 0.25) is 0 Å². The SMILES string of the molecule is NCC(Nc1ccc2nc[nH]c2c1)c1ccc(-c2csc(C3CC3)n2)cc1. The van der Waals surface area contributed by atoms with Crippen LogP contribution in [0.4, 0.5) is 5.69 Å². The fraction of sp³-hybridized carbons (Fsp3) is 0.238. The molecule has 0 amide bonds. The number of aromatic amines is 1. The number of fused-ring (bicyclic) bond motifs is 1. The van der Waals surface area contributed by atoms with E-state index in [1.54, 1.807) is 17.7 Å². The number of H-pyrrole nitrogens is 1. The van der Waals surface area contributed by atoms with Gasteiger partial charge in [-0.2, -0.15) is 0 Å². The predicted octanol–water partition coefficient (Wildman–Crippen LogP) is 4.68. The molecule has 1 fully saturated rings. The van der Waals surface area contributed by atoms with Crippen LogP contribution in [0.5, 0.6) is 0 Å². The molecule has 0 saturated heterocycles. The molecule has 1 aliphatic carbocycles. The van der Waals surface area contributed by atoms with E-state index in [-0.39, 0.29) is 6.04 Å². The molecule has 0 radical (unpaired) electrons. The molecule has 2 heterocycles. The summed E-state index contributed by atoms with van der Waals surface area (Å²) in [4.78, 5) is 12.2. The van der Waals surface area contributed by atoms with Crippen LogP contribution in [0.25, 0.3) is 22.3 Å². The van der Waals surface area contributed by atoms with Gasteiger partial charge in [-0.25, -0.2) is 9.97 Å². The minimum Gasteiger partial charge on any atom is -0.377 e. The van der Waals surface area contributed by atoms with E-state index in [9.17, 15) is 0 Å². The molecule has 136 valence electrons. The molecule has 5 rings (SSSR count). The van der Waals surface area contributed by atoms with Gasteiger partial charge < -0.3 is 16.0 Å². The first kappa shape index (κ1) is 16.5. The monoisotopic (exact) mass is 375 g/mol. The van der Waals surface area contributed by atoms with Crippen LogP contribution in [-0.4, -0.2) is 21.5 Å². The van der Waals surface area contributed by atoms with Gasteiger partial charge in [0.1, 0.15) is 0 Å². The average molecular weight is 376 g/mol. The summed E-state index contributed by atoms with van der Waals surface area (Å²) in [7, 11) is 0. The molecule has 4 N–H and O–H groups in total. The molecule has 0 bridgehead atoms. The van der Waals surface area contributed by atoms with Crippen molar-refractivity contribution in [1.29, 1.82) is 0 Å². The zero-order valence-electron chi connectivity index (χ0n) is 14.9. The Bertz CT molecular complexity index is 1060. The van der Waals surface area contributed by atoms with Crippen LogP contribution < -0.4 is 11.1 Å². The highest BCUT2D eigenvalue weighted by molar-refractivity contribution is 7.10. The third-order valence-electron chi connectivity index (χ3n) is 5.05. The summed E-state index contributed by atoms with van der Waals surface area (Å²) in [5.41, 5.74) is 12.5. The zero-order chi connectivity index (χ0) is 18.2. The van der Waals surface area contributed by atoms with E-state index in [4.69, 9.17) is 10.7 Å². The number of nitrogens with two attached hydrogens (primary N) is 1. The second kappa shape index (κ2) is 6.79. The largest absolute Gasteiger partial charge is 0.377 e. The summed E-state index contributed by atoms with van der Waals surface area (Å²) in [6.45, 7) is 0.517. The Labute approximate surface area is 161 Å². The molecular formula is C21H21N5S. The lowest BCUT2D eigenvalue weighted by molar-refractivity contribution is 0.790. The van der Waals surface area contributed by atoms with Crippen LogP contribution >= 0.6 is 11.3 Å². The van der Waals surface area contributed by atoms with Crippen molar-refractivity contribution in [3.8, 4) is 11.3 Å². The van der Waals surface area contributed by atoms with Crippen molar-refractivity contribution < 1.29 is 0 Å². The summed E-state index contributed by atoms with van der Waals surface area (Å²) in [5, 5.41) is 6.98. The van der Waals surface area contributed by atoms with Gasteiger partial charge in [0.15, 0.2) is 0 Å². The topological polar surface area (TPSA) is 79.6 Å². The second-order valence-electron chi connectivity index (χ2n) is 7.03. The van der Waals surface area contributed by atoms with Crippen LogP contribution in [0.15, 0.2) is 54.2 Å². The molecule has 27 heavy (non-hydrogen) atoms. The number of rotatable bonds is 6. The molecule has 1 unspecified atom stereocenters. The van der Waals surface area contributed by atoms with Crippen LogP contribution in [-0.2, 0) is 0 Å². The first-order valence-corrected chi connectivity index (χ1v) is 10.1. The smallest absolute Gasteiger partial charge is 0.0963 e. The molecular weight excluding hydrogens is 354 g/mol. The number of hydrogen-bond acceptors (Lipinski definition) is 5. The number of benzene rings is 2. The number of anilines is 1. The molecule has 2 aromatic carbocycles. The van der Waals surface area contributed by atoms with Gasteiger partial charge in [0.25, 0.3) is 0 Å². The van der Waals surface area contributed by atoms with E-state index in [0.717, 1.165) is 28.0 Å². The highest BCUT2D eigenvalue weighted by Gasteiger charge is 2.26. The van der Waals surface area contributed by atoms with Gasteiger partial charge in [0.2, 0.25) is 0 Å². The fourth-order valence-electron chi connectivity index (χ4n) is 3.33. The Hall–Kier alpha value is -2.70. The van der Waals surface area contributed by atoms with Crippen LogP contribution in [0.3, 0.4) is 0 Å². The van der Waals surface area contributed by atoms with Gasteiger partial charge in [0.05, 0.1) is 34.1 Å². The summed E-state index contributed by atoms with van der Waals surface area (Å²) < 4.78 is 0. The van der Waals surface area contributed by atoms with E-state index >= 15 is 0 Å². The second-order valence-corrected chi connectivity index (χ2v) is 7.92. The summed E-state index contributed by atoms with van der Waals surface area (Å²) >= 11 is 1.78. The van der Waals surface area contributed by atoms with E-state index < -0.39 is 0 Å². The van der Waals surface area contributed by atoms with E-state index in [0.29, 0.717) is 12.5 Å². The average Bonchev–Trinajstić information content (AvgIpc) is 3.25. The fourth-order valence-corrected chi connectivity index (χ4v) is 4.33.